The molecule has 2 rings (SSSR count). The zero-order valence-electron chi connectivity index (χ0n) is 14.0. The third-order valence-electron chi connectivity index (χ3n) is 3.24. The Hall–Kier alpha value is -2.54. The number of aryl methyl sites for hydroxylation is 2. The number of benzene rings is 2. The summed E-state index contributed by atoms with van der Waals surface area (Å²) in [4.78, 5) is 23.4. The summed E-state index contributed by atoms with van der Waals surface area (Å²) >= 11 is 3.36. The molecule has 0 aromatic heterocycles. The van der Waals surface area contributed by atoms with Crippen molar-refractivity contribution in [2.75, 3.05) is 13.2 Å². The molecule has 7 heteroatoms. The van der Waals surface area contributed by atoms with Gasteiger partial charge in [-0.15, -0.1) is 0 Å². The topological polar surface area (TPSA) is 76.7 Å². The van der Waals surface area contributed by atoms with Gasteiger partial charge in [-0.05, 0) is 59.1 Å². The first-order valence-corrected chi connectivity index (χ1v) is 8.40. The molecule has 0 saturated carbocycles. The summed E-state index contributed by atoms with van der Waals surface area (Å²) in [6.07, 6.45) is 0. The SMILES string of the molecule is Cc1ccc(OCC(=O)NNC(=O)COc2ccccc2C)c(Br)c1. The maximum absolute atomic E-state index is 11.7. The van der Waals surface area contributed by atoms with Gasteiger partial charge in [-0.25, -0.2) is 0 Å². The predicted molar refractivity (Wildman–Crippen MR) is 97.3 cm³/mol. The fraction of sp³-hybridized carbons (Fsp3) is 0.222. The molecule has 2 aromatic rings. The van der Waals surface area contributed by atoms with Crippen molar-refractivity contribution in [2.24, 2.45) is 0 Å². The van der Waals surface area contributed by atoms with E-state index in [-0.39, 0.29) is 13.2 Å². The maximum Gasteiger partial charge on any atom is 0.276 e. The van der Waals surface area contributed by atoms with E-state index in [1.165, 1.54) is 0 Å². The van der Waals surface area contributed by atoms with E-state index < -0.39 is 11.8 Å². The van der Waals surface area contributed by atoms with E-state index in [1.807, 2.05) is 44.2 Å². The fourth-order valence-electron chi connectivity index (χ4n) is 1.94. The molecule has 132 valence electrons. The first kappa shape index (κ1) is 18.8. The van der Waals surface area contributed by atoms with Crippen LogP contribution in [0.2, 0.25) is 0 Å². The molecule has 25 heavy (non-hydrogen) atoms. The summed E-state index contributed by atoms with van der Waals surface area (Å²) < 4.78 is 11.5. The number of rotatable bonds is 6. The number of hydrogen-bond acceptors (Lipinski definition) is 4. The highest BCUT2D eigenvalue weighted by molar-refractivity contribution is 9.10. The van der Waals surface area contributed by atoms with Gasteiger partial charge in [-0.1, -0.05) is 24.3 Å². The summed E-state index contributed by atoms with van der Waals surface area (Å²) in [6, 6.07) is 12.9. The highest BCUT2D eigenvalue weighted by Gasteiger charge is 2.08. The molecule has 2 N–H and O–H groups in total. The van der Waals surface area contributed by atoms with Gasteiger partial charge in [0, 0.05) is 0 Å². The van der Waals surface area contributed by atoms with Crippen LogP contribution in [0.4, 0.5) is 0 Å². The smallest absolute Gasteiger partial charge is 0.276 e. The third-order valence-corrected chi connectivity index (χ3v) is 3.86. The van der Waals surface area contributed by atoms with Gasteiger partial charge in [0.2, 0.25) is 0 Å². The number of hydrogen-bond donors (Lipinski definition) is 2. The highest BCUT2D eigenvalue weighted by atomic mass is 79.9. The van der Waals surface area contributed by atoms with Crippen LogP contribution < -0.4 is 20.3 Å². The van der Waals surface area contributed by atoms with Crippen molar-refractivity contribution < 1.29 is 19.1 Å². The fourth-order valence-corrected chi connectivity index (χ4v) is 2.55. The van der Waals surface area contributed by atoms with Gasteiger partial charge in [0.1, 0.15) is 11.5 Å². The van der Waals surface area contributed by atoms with Crippen molar-refractivity contribution in [3.8, 4) is 11.5 Å². The van der Waals surface area contributed by atoms with Gasteiger partial charge >= 0.3 is 0 Å². The van der Waals surface area contributed by atoms with E-state index in [4.69, 9.17) is 9.47 Å². The van der Waals surface area contributed by atoms with Crippen LogP contribution in [0.5, 0.6) is 11.5 Å². The molecule has 0 bridgehead atoms. The van der Waals surface area contributed by atoms with Crippen molar-refractivity contribution in [3.05, 3.63) is 58.1 Å². The number of para-hydroxylation sites is 1. The third kappa shape index (κ3) is 6.11. The quantitative estimate of drug-likeness (QED) is 0.722. The Labute approximate surface area is 154 Å². The zero-order valence-corrected chi connectivity index (χ0v) is 15.6. The van der Waals surface area contributed by atoms with Crippen LogP contribution in [0.15, 0.2) is 46.9 Å². The number of carbonyl (C=O) groups excluding carboxylic acids is 2. The number of nitrogens with one attached hydrogen (secondary N) is 2. The Balaban J connectivity index is 1.70. The van der Waals surface area contributed by atoms with Crippen molar-refractivity contribution in [1.29, 1.82) is 0 Å². The summed E-state index contributed by atoms with van der Waals surface area (Å²) in [5.41, 5.74) is 6.55. The van der Waals surface area contributed by atoms with E-state index in [9.17, 15) is 9.59 Å². The van der Waals surface area contributed by atoms with Crippen molar-refractivity contribution >= 4 is 27.7 Å². The maximum atomic E-state index is 11.7. The van der Waals surface area contributed by atoms with Gasteiger partial charge in [-0.2, -0.15) is 0 Å². The Kier molecular flexibility index (Phi) is 6.82. The zero-order chi connectivity index (χ0) is 18.2. The van der Waals surface area contributed by atoms with E-state index in [2.05, 4.69) is 26.8 Å². The molecule has 0 atom stereocenters. The van der Waals surface area contributed by atoms with E-state index in [0.717, 1.165) is 15.6 Å². The van der Waals surface area contributed by atoms with E-state index in [1.54, 1.807) is 12.1 Å². The van der Waals surface area contributed by atoms with Gasteiger partial charge in [0.25, 0.3) is 11.8 Å². The summed E-state index contributed by atoms with van der Waals surface area (Å²) in [6.45, 7) is 3.42. The molecule has 6 nitrogen and oxygen atoms in total. The van der Waals surface area contributed by atoms with Crippen LogP contribution in [0.1, 0.15) is 11.1 Å². The van der Waals surface area contributed by atoms with Crippen molar-refractivity contribution in [3.63, 3.8) is 0 Å². The number of ether oxygens (including phenoxy) is 2. The molecule has 2 aromatic carbocycles. The molecule has 2 amide bonds. The number of amides is 2. The number of carbonyl (C=O) groups is 2. The highest BCUT2D eigenvalue weighted by Crippen LogP contribution is 2.25. The van der Waals surface area contributed by atoms with Crippen LogP contribution in [-0.4, -0.2) is 25.0 Å². The first-order chi connectivity index (χ1) is 12.0. The first-order valence-electron chi connectivity index (χ1n) is 7.61. The van der Waals surface area contributed by atoms with Gasteiger partial charge in [-0.3, -0.25) is 20.4 Å². The van der Waals surface area contributed by atoms with Gasteiger partial charge in [0.15, 0.2) is 13.2 Å². The molecule has 0 aliphatic rings. The summed E-state index contributed by atoms with van der Waals surface area (Å²) in [5.74, 6) is 0.233. The molecule has 0 heterocycles. The minimum absolute atomic E-state index is 0.199. The Morgan fingerprint density at radius 2 is 1.52 bits per heavy atom. The minimum atomic E-state index is -0.475. The second-order valence-electron chi connectivity index (χ2n) is 5.37. The summed E-state index contributed by atoms with van der Waals surface area (Å²) in [5, 5.41) is 0. The standard InChI is InChI=1S/C18H19BrN2O4/c1-12-7-8-16(14(19)9-12)25-11-18(23)21-20-17(22)10-24-15-6-4-3-5-13(15)2/h3-9H,10-11H2,1-2H3,(H,20,22)(H,21,23). The van der Waals surface area contributed by atoms with Crippen LogP contribution in [-0.2, 0) is 9.59 Å². The van der Waals surface area contributed by atoms with E-state index >= 15 is 0 Å². The van der Waals surface area contributed by atoms with Crippen LogP contribution in [0.25, 0.3) is 0 Å². The van der Waals surface area contributed by atoms with Crippen molar-refractivity contribution in [1.82, 2.24) is 10.9 Å². The summed E-state index contributed by atoms with van der Waals surface area (Å²) in [7, 11) is 0. The molecule has 0 fully saturated rings. The number of halogens is 1. The number of hydrazine groups is 1. The largest absolute Gasteiger partial charge is 0.483 e. The Morgan fingerprint density at radius 3 is 2.12 bits per heavy atom. The molecular formula is C18H19BrN2O4. The monoisotopic (exact) mass is 406 g/mol. The molecule has 0 saturated heterocycles. The van der Waals surface area contributed by atoms with Gasteiger partial charge in [0.05, 0.1) is 4.47 Å². The lowest BCUT2D eigenvalue weighted by Gasteiger charge is -2.11. The molecule has 0 radical (unpaired) electrons. The van der Waals surface area contributed by atoms with Crippen molar-refractivity contribution in [2.45, 2.75) is 13.8 Å². The predicted octanol–water partition coefficient (Wildman–Crippen LogP) is 2.67. The Bertz CT molecular complexity index is 764. The van der Waals surface area contributed by atoms with Crippen LogP contribution in [0, 0.1) is 13.8 Å². The lowest BCUT2D eigenvalue weighted by Crippen LogP contribution is -2.45. The average molecular weight is 407 g/mol. The van der Waals surface area contributed by atoms with Crippen LogP contribution in [0.3, 0.4) is 0 Å². The van der Waals surface area contributed by atoms with Gasteiger partial charge < -0.3 is 9.47 Å². The average Bonchev–Trinajstić information content (AvgIpc) is 2.58. The lowest BCUT2D eigenvalue weighted by molar-refractivity contribution is -0.131. The van der Waals surface area contributed by atoms with Crippen LogP contribution >= 0.6 is 15.9 Å². The Morgan fingerprint density at radius 1 is 0.920 bits per heavy atom. The lowest BCUT2D eigenvalue weighted by atomic mass is 10.2. The normalized spacial score (nSPS) is 10.0. The second kappa shape index (κ2) is 9.08. The minimum Gasteiger partial charge on any atom is -0.483 e. The molecule has 0 unspecified atom stereocenters. The van der Waals surface area contributed by atoms with E-state index in [0.29, 0.717) is 11.5 Å². The molecular weight excluding hydrogens is 388 g/mol. The molecule has 0 aliphatic carbocycles. The molecule has 0 aliphatic heterocycles. The second-order valence-corrected chi connectivity index (χ2v) is 6.23. The molecule has 0 spiro atoms.